The van der Waals surface area contributed by atoms with Crippen LogP contribution in [0.15, 0.2) is 28.7 Å². The van der Waals surface area contributed by atoms with Gasteiger partial charge in [0.05, 0.1) is 17.9 Å². The molecule has 1 unspecified atom stereocenters. The van der Waals surface area contributed by atoms with E-state index in [1.54, 1.807) is 11.9 Å². The maximum atomic E-state index is 12.2. The van der Waals surface area contributed by atoms with Gasteiger partial charge in [0.15, 0.2) is 9.84 Å². The Balaban J connectivity index is 2.03. The molecule has 0 spiro atoms. The number of carbonyl (C=O) groups excluding carboxylic acids is 1. The van der Waals surface area contributed by atoms with Crippen LogP contribution >= 0.6 is 15.9 Å². The Hall–Kier alpha value is -0.880. The molecule has 6 heteroatoms. The molecule has 0 saturated carbocycles. The number of benzene rings is 1. The van der Waals surface area contributed by atoms with E-state index in [2.05, 4.69) is 15.9 Å². The van der Waals surface area contributed by atoms with E-state index in [0.717, 1.165) is 10.0 Å². The number of hydrogen-bond donors (Lipinski definition) is 0. The minimum absolute atomic E-state index is 0.0472. The third-order valence-corrected chi connectivity index (χ3v) is 5.97. The Bertz CT molecular complexity index is 585. The number of amides is 1. The highest BCUT2D eigenvalue weighted by molar-refractivity contribution is 9.10. The van der Waals surface area contributed by atoms with Crippen LogP contribution in [0.4, 0.5) is 0 Å². The van der Waals surface area contributed by atoms with Crippen molar-refractivity contribution in [3.05, 3.63) is 34.3 Å². The highest BCUT2D eigenvalue weighted by atomic mass is 79.9. The minimum atomic E-state index is -2.96. The SMILES string of the molecule is CN(C(=O)Cc1ccccc1Br)C1CCS(=O)(=O)C1. The monoisotopic (exact) mass is 345 g/mol. The van der Waals surface area contributed by atoms with Crippen molar-refractivity contribution in [2.45, 2.75) is 18.9 Å². The first-order valence-corrected chi connectivity index (χ1v) is 8.70. The second-order valence-corrected chi connectivity index (χ2v) is 7.91. The summed E-state index contributed by atoms with van der Waals surface area (Å²) < 4.78 is 23.8. The van der Waals surface area contributed by atoms with Gasteiger partial charge in [0.25, 0.3) is 0 Å². The van der Waals surface area contributed by atoms with E-state index >= 15 is 0 Å². The molecule has 0 N–H and O–H groups in total. The molecule has 1 atom stereocenters. The summed E-state index contributed by atoms with van der Waals surface area (Å²) in [6.45, 7) is 0. The first-order chi connectivity index (χ1) is 8.89. The van der Waals surface area contributed by atoms with Crippen molar-refractivity contribution in [1.82, 2.24) is 4.90 Å². The number of sulfone groups is 1. The third-order valence-electron chi connectivity index (χ3n) is 3.45. The molecule has 104 valence electrons. The molecular weight excluding hydrogens is 330 g/mol. The minimum Gasteiger partial charge on any atom is -0.341 e. The molecule has 1 heterocycles. The molecule has 0 radical (unpaired) electrons. The van der Waals surface area contributed by atoms with Crippen LogP contribution in [0.2, 0.25) is 0 Å². The number of rotatable bonds is 3. The fourth-order valence-electron chi connectivity index (χ4n) is 2.21. The molecule has 1 aromatic rings. The normalized spacial score (nSPS) is 21.3. The molecule has 1 saturated heterocycles. The molecule has 0 aromatic heterocycles. The second-order valence-electron chi connectivity index (χ2n) is 4.83. The lowest BCUT2D eigenvalue weighted by Crippen LogP contribution is -2.38. The van der Waals surface area contributed by atoms with Crippen LogP contribution in [0, 0.1) is 0 Å². The van der Waals surface area contributed by atoms with E-state index < -0.39 is 9.84 Å². The lowest BCUT2D eigenvalue weighted by atomic mass is 10.1. The second kappa shape index (κ2) is 5.63. The maximum absolute atomic E-state index is 12.2. The average Bonchev–Trinajstić information content (AvgIpc) is 2.71. The number of hydrogen-bond acceptors (Lipinski definition) is 3. The zero-order chi connectivity index (χ0) is 14.0. The van der Waals surface area contributed by atoms with Crippen molar-refractivity contribution in [3.63, 3.8) is 0 Å². The molecular formula is C13H16BrNO3S. The van der Waals surface area contributed by atoms with E-state index in [0.29, 0.717) is 6.42 Å². The van der Waals surface area contributed by atoms with Gasteiger partial charge in [0.1, 0.15) is 0 Å². The van der Waals surface area contributed by atoms with Gasteiger partial charge >= 0.3 is 0 Å². The summed E-state index contributed by atoms with van der Waals surface area (Å²) in [5.74, 6) is 0.226. The fraction of sp³-hybridized carbons (Fsp3) is 0.462. The van der Waals surface area contributed by atoms with Gasteiger partial charge in [-0.3, -0.25) is 4.79 Å². The van der Waals surface area contributed by atoms with Crippen molar-refractivity contribution < 1.29 is 13.2 Å². The van der Waals surface area contributed by atoms with Crippen LogP contribution in [0.3, 0.4) is 0 Å². The molecule has 0 aliphatic carbocycles. The van der Waals surface area contributed by atoms with Gasteiger partial charge in [-0.05, 0) is 18.1 Å². The van der Waals surface area contributed by atoms with Gasteiger partial charge in [-0.1, -0.05) is 34.1 Å². The Morgan fingerprint density at radius 2 is 2.11 bits per heavy atom. The molecule has 1 aliphatic rings. The fourth-order valence-corrected chi connectivity index (χ4v) is 4.41. The first kappa shape index (κ1) is 14.5. The highest BCUT2D eigenvalue weighted by Gasteiger charge is 2.32. The number of halogens is 1. The van der Waals surface area contributed by atoms with Crippen LogP contribution < -0.4 is 0 Å². The summed E-state index contributed by atoms with van der Waals surface area (Å²) in [6.07, 6.45) is 0.828. The largest absolute Gasteiger partial charge is 0.341 e. The molecule has 1 aromatic carbocycles. The van der Waals surface area contributed by atoms with Crippen LogP contribution in [0.1, 0.15) is 12.0 Å². The van der Waals surface area contributed by atoms with E-state index in [1.807, 2.05) is 24.3 Å². The van der Waals surface area contributed by atoms with Gasteiger partial charge in [-0.25, -0.2) is 8.42 Å². The Morgan fingerprint density at radius 3 is 2.68 bits per heavy atom. The molecule has 1 fully saturated rings. The zero-order valence-electron chi connectivity index (χ0n) is 10.7. The third kappa shape index (κ3) is 3.57. The quantitative estimate of drug-likeness (QED) is 0.836. The molecule has 1 amide bonds. The number of carbonyl (C=O) groups is 1. The molecule has 1 aliphatic heterocycles. The molecule has 19 heavy (non-hydrogen) atoms. The van der Waals surface area contributed by atoms with Gasteiger partial charge in [0, 0.05) is 17.6 Å². The predicted molar refractivity (Wildman–Crippen MR) is 77.7 cm³/mol. The van der Waals surface area contributed by atoms with Gasteiger partial charge < -0.3 is 4.90 Å². The number of likely N-dealkylation sites (N-methyl/N-ethyl adjacent to an activating group) is 1. The number of nitrogens with zero attached hydrogens (tertiary/aromatic N) is 1. The van der Waals surface area contributed by atoms with E-state index in [1.165, 1.54) is 0 Å². The van der Waals surface area contributed by atoms with E-state index in [-0.39, 0.29) is 29.9 Å². The van der Waals surface area contributed by atoms with Crippen molar-refractivity contribution in [2.24, 2.45) is 0 Å². The first-order valence-electron chi connectivity index (χ1n) is 6.08. The predicted octanol–water partition coefficient (Wildman–Crippen LogP) is 1.64. The summed E-state index contributed by atoms with van der Waals surface area (Å²) in [5.41, 5.74) is 0.917. The average molecular weight is 346 g/mol. The van der Waals surface area contributed by atoms with Gasteiger partial charge in [0.2, 0.25) is 5.91 Å². The summed E-state index contributed by atoms with van der Waals surface area (Å²) >= 11 is 3.41. The lowest BCUT2D eigenvalue weighted by molar-refractivity contribution is -0.130. The lowest BCUT2D eigenvalue weighted by Gasteiger charge is -2.23. The summed E-state index contributed by atoms with van der Waals surface area (Å²) in [6, 6.07) is 7.38. The molecule has 2 rings (SSSR count). The Labute approximate surface area is 121 Å². The van der Waals surface area contributed by atoms with Crippen molar-refractivity contribution in [1.29, 1.82) is 0 Å². The molecule has 0 bridgehead atoms. The van der Waals surface area contributed by atoms with Crippen molar-refractivity contribution >= 4 is 31.7 Å². The van der Waals surface area contributed by atoms with Crippen LogP contribution in [-0.2, 0) is 21.1 Å². The van der Waals surface area contributed by atoms with E-state index in [9.17, 15) is 13.2 Å². The topological polar surface area (TPSA) is 54.5 Å². The Kier molecular flexibility index (Phi) is 4.30. The van der Waals surface area contributed by atoms with Crippen molar-refractivity contribution in [3.8, 4) is 0 Å². The molecule has 4 nitrogen and oxygen atoms in total. The van der Waals surface area contributed by atoms with Crippen LogP contribution in [-0.4, -0.2) is 43.8 Å². The van der Waals surface area contributed by atoms with Gasteiger partial charge in [-0.2, -0.15) is 0 Å². The van der Waals surface area contributed by atoms with E-state index in [4.69, 9.17) is 0 Å². The van der Waals surface area contributed by atoms with Gasteiger partial charge in [-0.15, -0.1) is 0 Å². The summed E-state index contributed by atoms with van der Waals surface area (Å²) in [5, 5.41) is 0. The van der Waals surface area contributed by atoms with Crippen molar-refractivity contribution in [2.75, 3.05) is 18.6 Å². The summed E-state index contributed by atoms with van der Waals surface area (Å²) in [4.78, 5) is 13.7. The smallest absolute Gasteiger partial charge is 0.227 e. The zero-order valence-corrected chi connectivity index (χ0v) is 13.1. The highest BCUT2D eigenvalue weighted by Crippen LogP contribution is 2.20. The summed E-state index contributed by atoms with van der Waals surface area (Å²) in [7, 11) is -1.27. The maximum Gasteiger partial charge on any atom is 0.227 e. The van der Waals surface area contributed by atoms with Crippen LogP contribution in [0.25, 0.3) is 0 Å². The standard InChI is InChI=1S/C13H16BrNO3S/c1-15(11-6-7-19(17,18)9-11)13(16)8-10-4-2-3-5-12(10)14/h2-5,11H,6-9H2,1H3. The Morgan fingerprint density at radius 1 is 1.42 bits per heavy atom. The van der Waals surface area contributed by atoms with Crippen LogP contribution in [0.5, 0.6) is 0 Å².